The molecule has 0 unspecified atom stereocenters. The van der Waals surface area contributed by atoms with Crippen LogP contribution in [0.4, 0.5) is 5.69 Å². The summed E-state index contributed by atoms with van der Waals surface area (Å²) in [7, 11) is 0. The number of amides is 1. The summed E-state index contributed by atoms with van der Waals surface area (Å²) >= 11 is 6.23. The minimum Gasteiger partial charge on any atom is -0.370 e. The van der Waals surface area contributed by atoms with Gasteiger partial charge in [-0.3, -0.25) is 4.79 Å². The normalized spacial score (nSPS) is 15.7. The highest BCUT2D eigenvalue weighted by atomic mass is 35.5. The van der Waals surface area contributed by atoms with Crippen molar-refractivity contribution in [1.82, 2.24) is 0 Å². The van der Waals surface area contributed by atoms with Crippen LogP contribution in [0.5, 0.6) is 0 Å². The van der Waals surface area contributed by atoms with Crippen LogP contribution in [0.3, 0.4) is 0 Å². The summed E-state index contributed by atoms with van der Waals surface area (Å²) in [6.07, 6.45) is 5.45. The molecule has 1 aromatic rings. The lowest BCUT2D eigenvalue weighted by Crippen LogP contribution is -2.17. The van der Waals surface area contributed by atoms with E-state index < -0.39 is 5.91 Å². The molecule has 1 heterocycles. The van der Waals surface area contributed by atoms with Crippen molar-refractivity contribution >= 4 is 29.3 Å². The molecular formula is C13H15ClN2O. The third-order valence-electron chi connectivity index (χ3n) is 2.86. The summed E-state index contributed by atoms with van der Waals surface area (Å²) in [5, 5.41) is 0.721. The molecule has 0 radical (unpaired) electrons. The van der Waals surface area contributed by atoms with E-state index in [9.17, 15) is 4.79 Å². The molecule has 1 fully saturated rings. The zero-order valence-electron chi connectivity index (χ0n) is 9.53. The lowest BCUT2D eigenvalue weighted by atomic mass is 10.2. The van der Waals surface area contributed by atoms with Crippen LogP contribution in [-0.4, -0.2) is 19.0 Å². The average molecular weight is 251 g/mol. The summed E-state index contributed by atoms with van der Waals surface area (Å²) < 4.78 is 0. The fourth-order valence-electron chi connectivity index (χ4n) is 2.02. The Labute approximate surface area is 106 Å². The van der Waals surface area contributed by atoms with Gasteiger partial charge in [-0.15, -0.1) is 0 Å². The lowest BCUT2D eigenvalue weighted by Gasteiger charge is -2.19. The van der Waals surface area contributed by atoms with Crippen molar-refractivity contribution in [2.24, 2.45) is 5.73 Å². The number of nitrogens with two attached hydrogens (primary N) is 1. The van der Waals surface area contributed by atoms with Crippen LogP contribution in [0.25, 0.3) is 6.08 Å². The number of benzene rings is 1. The van der Waals surface area contributed by atoms with E-state index >= 15 is 0 Å². The molecule has 1 saturated heterocycles. The molecule has 0 saturated carbocycles. The van der Waals surface area contributed by atoms with Gasteiger partial charge in [0, 0.05) is 19.2 Å². The molecule has 90 valence electrons. The summed E-state index contributed by atoms with van der Waals surface area (Å²) in [5.41, 5.74) is 7.00. The third kappa shape index (κ3) is 3.01. The van der Waals surface area contributed by atoms with Gasteiger partial charge in [0.25, 0.3) is 0 Å². The molecule has 1 aliphatic rings. The van der Waals surface area contributed by atoms with Gasteiger partial charge in [0.15, 0.2) is 0 Å². The Morgan fingerprint density at radius 2 is 2.06 bits per heavy atom. The number of nitrogens with zero attached hydrogens (tertiary/aromatic N) is 1. The van der Waals surface area contributed by atoms with E-state index in [4.69, 9.17) is 17.3 Å². The minimum atomic E-state index is -0.454. The Bertz CT molecular complexity index is 451. The Morgan fingerprint density at radius 1 is 1.35 bits per heavy atom. The molecule has 2 N–H and O–H groups in total. The molecule has 0 atom stereocenters. The molecule has 3 nitrogen and oxygen atoms in total. The van der Waals surface area contributed by atoms with E-state index in [1.165, 1.54) is 18.9 Å². The standard InChI is InChI=1S/C13H15ClN2O/c14-11-9-10(4-6-13(15)17)3-5-12(11)16-7-1-2-8-16/h3-6,9H,1-2,7-8H2,(H2,15,17)/b6-4-. The van der Waals surface area contributed by atoms with Crippen LogP contribution < -0.4 is 10.6 Å². The number of carbonyl (C=O) groups excluding carboxylic acids is 1. The van der Waals surface area contributed by atoms with E-state index in [0.29, 0.717) is 0 Å². The maximum absolute atomic E-state index is 10.6. The predicted molar refractivity (Wildman–Crippen MR) is 71.1 cm³/mol. The highest BCUT2D eigenvalue weighted by Crippen LogP contribution is 2.29. The second kappa shape index (κ2) is 5.23. The van der Waals surface area contributed by atoms with Crippen LogP contribution in [0.2, 0.25) is 5.02 Å². The van der Waals surface area contributed by atoms with Gasteiger partial charge in [0.2, 0.25) is 5.91 Å². The second-order valence-corrected chi connectivity index (χ2v) is 4.55. The van der Waals surface area contributed by atoms with Crippen LogP contribution in [0.15, 0.2) is 24.3 Å². The largest absolute Gasteiger partial charge is 0.370 e. The van der Waals surface area contributed by atoms with E-state index in [2.05, 4.69) is 4.90 Å². The first-order valence-electron chi connectivity index (χ1n) is 5.69. The Morgan fingerprint density at radius 3 is 2.65 bits per heavy atom. The van der Waals surface area contributed by atoms with Crippen LogP contribution >= 0.6 is 11.6 Å². The maximum atomic E-state index is 10.6. The molecule has 4 heteroatoms. The van der Waals surface area contributed by atoms with Crippen molar-refractivity contribution in [2.75, 3.05) is 18.0 Å². The summed E-state index contributed by atoms with van der Waals surface area (Å²) in [5.74, 6) is -0.454. The first kappa shape index (κ1) is 12.0. The number of hydrogen-bond acceptors (Lipinski definition) is 2. The average Bonchev–Trinajstić information content (AvgIpc) is 2.79. The van der Waals surface area contributed by atoms with Crippen molar-refractivity contribution in [1.29, 1.82) is 0 Å². The molecule has 1 aliphatic heterocycles. The quantitative estimate of drug-likeness (QED) is 0.838. The number of primary amides is 1. The molecule has 17 heavy (non-hydrogen) atoms. The summed E-state index contributed by atoms with van der Waals surface area (Å²) in [4.78, 5) is 12.9. The van der Waals surface area contributed by atoms with Gasteiger partial charge in [-0.1, -0.05) is 17.7 Å². The first-order valence-corrected chi connectivity index (χ1v) is 6.06. The highest BCUT2D eigenvalue weighted by Gasteiger charge is 2.14. The van der Waals surface area contributed by atoms with Crippen molar-refractivity contribution in [3.8, 4) is 0 Å². The van der Waals surface area contributed by atoms with E-state index in [1.807, 2.05) is 18.2 Å². The molecular weight excluding hydrogens is 236 g/mol. The molecule has 0 spiro atoms. The van der Waals surface area contributed by atoms with Gasteiger partial charge in [-0.25, -0.2) is 0 Å². The van der Waals surface area contributed by atoms with Gasteiger partial charge in [0.1, 0.15) is 0 Å². The zero-order valence-corrected chi connectivity index (χ0v) is 10.3. The summed E-state index contributed by atoms with van der Waals surface area (Å²) in [6, 6.07) is 5.79. The van der Waals surface area contributed by atoms with Gasteiger partial charge in [-0.2, -0.15) is 0 Å². The van der Waals surface area contributed by atoms with Crippen LogP contribution in [-0.2, 0) is 4.79 Å². The topological polar surface area (TPSA) is 46.3 Å². The van der Waals surface area contributed by atoms with Crippen LogP contribution in [0, 0.1) is 0 Å². The van der Waals surface area contributed by atoms with Gasteiger partial charge in [-0.05, 0) is 36.6 Å². The molecule has 1 amide bonds. The highest BCUT2D eigenvalue weighted by molar-refractivity contribution is 6.33. The molecule has 1 aromatic carbocycles. The van der Waals surface area contributed by atoms with Crippen molar-refractivity contribution < 1.29 is 4.79 Å². The van der Waals surface area contributed by atoms with Crippen LogP contribution in [0.1, 0.15) is 18.4 Å². The number of carbonyl (C=O) groups is 1. The lowest BCUT2D eigenvalue weighted by molar-refractivity contribution is -0.113. The molecule has 0 bridgehead atoms. The molecule has 0 aromatic heterocycles. The Kier molecular flexibility index (Phi) is 3.69. The smallest absolute Gasteiger partial charge is 0.241 e. The Balaban J connectivity index is 2.19. The van der Waals surface area contributed by atoms with Gasteiger partial charge in [0.05, 0.1) is 10.7 Å². The van der Waals surface area contributed by atoms with Gasteiger partial charge < -0.3 is 10.6 Å². The number of anilines is 1. The Hall–Kier alpha value is -1.48. The van der Waals surface area contributed by atoms with Crippen molar-refractivity contribution in [3.05, 3.63) is 34.9 Å². The number of hydrogen-bond donors (Lipinski definition) is 1. The third-order valence-corrected chi connectivity index (χ3v) is 3.16. The SMILES string of the molecule is NC(=O)/C=C\c1ccc(N2CCCC2)c(Cl)c1. The maximum Gasteiger partial charge on any atom is 0.241 e. The van der Waals surface area contributed by atoms with Gasteiger partial charge >= 0.3 is 0 Å². The number of halogens is 1. The van der Waals surface area contributed by atoms with Crippen molar-refractivity contribution in [3.63, 3.8) is 0 Å². The fourth-order valence-corrected chi connectivity index (χ4v) is 2.33. The zero-order chi connectivity index (χ0) is 12.3. The summed E-state index contributed by atoms with van der Waals surface area (Å²) in [6.45, 7) is 2.13. The minimum absolute atomic E-state index is 0.454. The van der Waals surface area contributed by atoms with Crippen molar-refractivity contribution in [2.45, 2.75) is 12.8 Å². The van der Waals surface area contributed by atoms with E-state index in [0.717, 1.165) is 29.4 Å². The molecule has 0 aliphatic carbocycles. The van der Waals surface area contributed by atoms with E-state index in [1.54, 1.807) is 6.08 Å². The monoisotopic (exact) mass is 250 g/mol. The number of rotatable bonds is 3. The first-order chi connectivity index (χ1) is 8.16. The van der Waals surface area contributed by atoms with E-state index in [-0.39, 0.29) is 0 Å². The molecule has 2 rings (SSSR count). The predicted octanol–water partition coefficient (Wildman–Crippen LogP) is 2.44. The fraction of sp³-hybridized carbons (Fsp3) is 0.308. The second-order valence-electron chi connectivity index (χ2n) is 4.14.